The first kappa shape index (κ1) is 19.0. The Morgan fingerprint density at radius 1 is 1.11 bits per heavy atom. The Morgan fingerprint density at radius 3 is 2.54 bits per heavy atom. The van der Waals surface area contributed by atoms with Gasteiger partial charge in [0, 0.05) is 31.7 Å². The molecule has 0 aliphatic carbocycles. The van der Waals surface area contributed by atoms with E-state index in [0.717, 1.165) is 12.8 Å². The number of hydrogen-bond acceptors (Lipinski definition) is 7. The first-order valence-electron chi connectivity index (χ1n) is 9.29. The molecule has 1 amide bonds. The zero-order valence-corrected chi connectivity index (χ0v) is 16.4. The molecule has 0 spiro atoms. The molecule has 2 fully saturated rings. The van der Waals surface area contributed by atoms with Gasteiger partial charge in [0.1, 0.15) is 0 Å². The number of sulfonamides is 1. The van der Waals surface area contributed by atoms with Crippen LogP contribution in [0.3, 0.4) is 0 Å². The number of benzene rings is 1. The van der Waals surface area contributed by atoms with Gasteiger partial charge in [-0.15, -0.1) is 0 Å². The average molecular weight is 406 g/mol. The SMILES string of the molecule is Cc1ccc(-c2noc(C(=O)N3CCOCC3)n2)cc1S(=O)(=O)N1CCCC1. The summed E-state index contributed by atoms with van der Waals surface area (Å²) in [5.41, 5.74) is 1.15. The van der Waals surface area contributed by atoms with E-state index >= 15 is 0 Å². The van der Waals surface area contributed by atoms with Crippen LogP contribution in [0.15, 0.2) is 27.6 Å². The minimum Gasteiger partial charge on any atom is -0.378 e. The summed E-state index contributed by atoms with van der Waals surface area (Å²) >= 11 is 0. The molecule has 0 atom stereocenters. The molecule has 0 radical (unpaired) electrons. The van der Waals surface area contributed by atoms with E-state index in [4.69, 9.17) is 9.26 Å². The molecule has 150 valence electrons. The fraction of sp³-hybridized carbons (Fsp3) is 0.500. The van der Waals surface area contributed by atoms with Crippen LogP contribution >= 0.6 is 0 Å². The van der Waals surface area contributed by atoms with Crippen LogP contribution in [0.25, 0.3) is 11.4 Å². The summed E-state index contributed by atoms with van der Waals surface area (Å²) < 4.78 is 37.8. The molecule has 9 nitrogen and oxygen atoms in total. The highest BCUT2D eigenvalue weighted by atomic mass is 32.2. The fourth-order valence-corrected chi connectivity index (χ4v) is 5.18. The van der Waals surface area contributed by atoms with Gasteiger partial charge in [-0.05, 0) is 31.4 Å². The Bertz CT molecular complexity index is 976. The molecule has 3 heterocycles. The average Bonchev–Trinajstić information content (AvgIpc) is 3.41. The van der Waals surface area contributed by atoms with Gasteiger partial charge in [0.25, 0.3) is 0 Å². The van der Waals surface area contributed by atoms with E-state index in [0.29, 0.717) is 50.5 Å². The van der Waals surface area contributed by atoms with Crippen LogP contribution in [-0.2, 0) is 14.8 Å². The second kappa shape index (κ2) is 7.61. The lowest BCUT2D eigenvalue weighted by atomic mass is 10.1. The number of hydrogen-bond donors (Lipinski definition) is 0. The predicted molar refractivity (Wildman–Crippen MR) is 99.2 cm³/mol. The maximum atomic E-state index is 12.9. The highest BCUT2D eigenvalue weighted by Crippen LogP contribution is 2.27. The molecule has 1 aromatic carbocycles. The van der Waals surface area contributed by atoms with Crippen molar-refractivity contribution in [1.29, 1.82) is 0 Å². The van der Waals surface area contributed by atoms with E-state index in [1.165, 1.54) is 4.31 Å². The first-order chi connectivity index (χ1) is 13.5. The first-order valence-corrected chi connectivity index (χ1v) is 10.7. The highest BCUT2D eigenvalue weighted by Gasteiger charge is 2.29. The van der Waals surface area contributed by atoms with Crippen LogP contribution in [-0.4, -0.2) is 73.1 Å². The topological polar surface area (TPSA) is 106 Å². The van der Waals surface area contributed by atoms with E-state index < -0.39 is 10.0 Å². The smallest absolute Gasteiger partial charge is 0.316 e. The minimum absolute atomic E-state index is 0.110. The molecule has 0 saturated carbocycles. The van der Waals surface area contributed by atoms with Crippen molar-refractivity contribution in [3.63, 3.8) is 0 Å². The van der Waals surface area contributed by atoms with Crippen LogP contribution in [0, 0.1) is 6.92 Å². The summed E-state index contributed by atoms with van der Waals surface area (Å²) in [5.74, 6) is -0.269. The molecule has 10 heteroatoms. The zero-order valence-electron chi connectivity index (χ0n) is 15.6. The van der Waals surface area contributed by atoms with E-state index in [2.05, 4.69) is 10.1 Å². The largest absolute Gasteiger partial charge is 0.378 e. The predicted octanol–water partition coefficient (Wildman–Crippen LogP) is 1.30. The number of morpholine rings is 1. The van der Waals surface area contributed by atoms with Gasteiger partial charge in [0.15, 0.2) is 0 Å². The molecule has 2 aliphatic rings. The molecule has 0 N–H and O–H groups in total. The van der Waals surface area contributed by atoms with Crippen molar-refractivity contribution in [2.75, 3.05) is 39.4 Å². The molecular formula is C18H22N4O5S. The third-order valence-electron chi connectivity index (χ3n) is 5.04. The number of aryl methyl sites for hydroxylation is 1. The van der Waals surface area contributed by atoms with Crippen molar-refractivity contribution in [3.8, 4) is 11.4 Å². The van der Waals surface area contributed by atoms with Crippen molar-refractivity contribution < 1.29 is 22.5 Å². The van der Waals surface area contributed by atoms with E-state index in [1.54, 1.807) is 30.0 Å². The maximum absolute atomic E-state index is 12.9. The lowest BCUT2D eigenvalue weighted by Gasteiger charge is -2.25. The second-order valence-electron chi connectivity index (χ2n) is 6.92. The van der Waals surface area contributed by atoms with Crippen LogP contribution < -0.4 is 0 Å². The minimum atomic E-state index is -3.57. The molecule has 1 aromatic heterocycles. The van der Waals surface area contributed by atoms with E-state index in [1.807, 2.05) is 0 Å². The van der Waals surface area contributed by atoms with Gasteiger partial charge < -0.3 is 14.2 Å². The summed E-state index contributed by atoms with van der Waals surface area (Å²) in [4.78, 5) is 18.5. The molecule has 2 aliphatic heterocycles. The number of amides is 1. The van der Waals surface area contributed by atoms with Gasteiger partial charge in [-0.3, -0.25) is 4.79 Å². The Hall–Kier alpha value is -2.30. The molecule has 0 unspecified atom stereocenters. The van der Waals surface area contributed by atoms with Gasteiger partial charge in [-0.2, -0.15) is 9.29 Å². The Morgan fingerprint density at radius 2 is 1.82 bits per heavy atom. The van der Waals surface area contributed by atoms with Crippen molar-refractivity contribution in [2.24, 2.45) is 0 Å². The third-order valence-corrected chi connectivity index (χ3v) is 7.08. The number of nitrogens with zero attached hydrogens (tertiary/aromatic N) is 4. The second-order valence-corrected chi connectivity index (χ2v) is 8.83. The van der Waals surface area contributed by atoms with Crippen molar-refractivity contribution in [2.45, 2.75) is 24.7 Å². The number of aromatic nitrogens is 2. The standard InChI is InChI=1S/C18H22N4O5S/c1-13-4-5-14(12-15(13)28(24,25)22-6-2-3-7-22)16-19-17(27-20-16)18(23)21-8-10-26-11-9-21/h4-5,12H,2-3,6-11H2,1H3. The fourth-order valence-electron chi connectivity index (χ4n) is 3.41. The summed E-state index contributed by atoms with van der Waals surface area (Å²) in [6.07, 6.45) is 1.74. The van der Waals surface area contributed by atoms with Crippen molar-refractivity contribution in [1.82, 2.24) is 19.3 Å². The maximum Gasteiger partial charge on any atom is 0.316 e. The molecule has 4 rings (SSSR count). The molecule has 28 heavy (non-hydrogen) atoms. The number of ether oxygens (including phenoxy) is 1. The summed E-state index contributed by atoms with van der Waals surface area (Å²) in [7, 11) is -3.57. The Balaban J connectivity index is 1.62. The van der Waals surface area contributed by atoms with Crippen LogP contribution in [0.1, 0.15) is 29.1 Å². The van der Waals surface area contributed by atoms with E-state index in [-0.39, 0.29) is 22.5 Å². The van der Waals surface area contributed by atoms with E-state index in [9.17, 15) is 13.2 Å². The van der Waals surface area contributed by atoms with Crippen LogP contribution in [0.2, 0.25) is 0 Å². The van der Waals surface area contributed by atoms with Crippen molar-refractivity contribution in [3.05, 3.63) is 29.7 Å². The van der Waals surface area contributed by atoms with Gasteiger partial charge in [-0.1, -0.05) is 17.3 Å². The lowest BCUT2D eigenvalue weighted by molar-refractivity contribution is 0.0272. The van der Waals surface area contributed by atoms with Gasteiger partial charge in [-0.25, -0.2) is 8.42 Å². The lowest BCUT2D eigenvalue weighted by Crippen LogP contribution is -2.40. The Kier molecular flexibility index (Phi) is 5.17. The van der Waals surface area contributed by atoms with Crippen molar-refractivity contribution >= 4 is 15.9 Å². The summed E-state index contributed by atoms with van der Waals surface area (Å²) in [6.45, 7) is 4.72. The number of carbonyl (C=O) groups is 1. The number of rotatable bonds is 4. The molecular weight excluding hydrogens is 384 g/mol. The Labute approximate surface area is 163 Å². The summed E-state index contributed by atoms with van der Waals surface area (Å²) in [5, 5.41) is 3.88. The monoisotopic (exact) mass is 406 g/mol. The molecule has 2 saturated heterocycles. The zero-order chi connectivity index (χ0) is 19.7. The normalized spacial score (nSPS) is 18.5. The van der Waals surface area contributed by atoms with Crippen LogP contribution in [0.5, 0.6) is 0 Å². The molecule has 2 aromatic rings. The molecule has 0 bridgehead atoms. The van der Waals surface area contributed by atoms with Gasteiger partial charge >= 0.3 is 11.8 Å². The summed E-state index contributed by atoms with van der Waals surface area (Å²) in [6, 6.07) is 5.00. The van der Waals surface area contributed by atoms with Gasteiger partial charge in [0.05, 0.1) is 18.1 Å². The third kappa shape index (κ3) is 3.54. The quantitative estimate of drug-likeness (QED) is 0.753. The van der Waals surface area contributed by atoms with Crippen LogP contribution in [0.4, 0.5) is 0 Å². The van der Waals surface area contributed by atoms with Gasteiger partial charge in [0.2, 0.25) is 15.8 Å². The number of carbonyl (C=O) groups excluding carboxylic acids is 1. The highest BCUT2D eigenvalue weighted by molar-refractivity contribution is 7.89.